The van der Waals surface area contributed by atoms with E-state index in [1.807, 2.05) is 0 Å². The maximum atomic E-state index is 8.54. The van der Waals surface area contributed by atoms with Crippen molar-refractivity contribution in [2.45, 2.75) is 57.5 Å². The van der Waals surface area contributed by atoms with Gasteiger partial charge in [0.1, 0.15) is 0 Å². The first-order valence-corrected chi connectivity index (χ1v) is 7.16. The zero-order valence-corrected chi connectivity index (χ0v) is 11.1. The van der Waals surface area contributed by atoms with E-state index < -0.39 is 0 Å². The van der Waals surface area contributed by atoms with E-state index >= 15 is 0 Å². The molecule has 0 amide bonds. The highest BCUT2D eigenvalue weighted by molar-refractivity contribution is 4.89. The molecule has 0 saturated carbocycles. The van der Waals surface area contributed by atoms with Gasteiger partial charge in [0.2, 0.25) is 0 Å². The largest absolute Gasteiger partial charge is 0.298 e. The second-order valence-electron chi connectivity index (χ2n) is 5.60. The van der Waals surface area contributed by atoms with E-state index in [0.717, 1.165) is 18.9 Å². The van der Waals surface area contributed by atoms with Crippen molar-refractivity contribution >= 4 is 0 Å². The molecule has 96 valence electrons. The van der Waals surface area contributed by atoms with Crippen molar-refractivity contribution < 1.29 is 0 Å². The fourth-order valence-electron chi connectivity index (χ4n) is 3.24. The standard InChI is InChI=1S/C14H25N3/c1-13-11-17-10-6-3-7-14(17)12-16(13)9-5-2-4-8-15/h13-14H,2-7,9-12H2,1H3. The van der Waals surface area contributed by atoms with Gasteiger partial charge >= 0.3 is 0 Å². The Balaban J connectivity index is 1.76. The van der Waals surface area contributed by atoms with Crippen LogP contribution >= 0.6 is 0 Å². The summed E-state index contributed by atoms with van der Waals surface area (Å²) < 4.78 is 0. The molecule has 0 aromatic rings. The zero-order valence-electron chi connectivity index (χ0n) is 11.1. The van der Waals surface area contributed by atoms with E-state index in [-0.39, 0.29) is 0 Å². The van der Waals surface area contributed by atoms with Gasteiger partial charge in [0, 0.05) is 31.6 Å². The minimum absolute atomic E-state index is 0.700. The molecule has 2 saturated heterocycles. The molecule has 0 aromatic carbocycles. The molecule has 2 atom stereocenters. The fourth-order valence-corrected chi connectivity index (χ4v) is 3.24. The van der Waals surface area contributed by atoms with E-state index in [4.69, 9.17) is 5.26 Å². The number of rotatable bonds is 4. The Kier molecular flexibility index (Phi) is 4.82. The molecule has 3 heteroatoms. The number of unbranched alkanes of at least 4 members (excludes halogenated alkanes) is 2. The van der Waals surface area contributed by atoms with Gasteiger partial charge in [-0.05, 0) is 45.7 Å². The average molecular weight is 235 g/mol. The highest BCUT2D eigenvalue weighted by Gasteiger charge is 2.32. The minimum Gasteiger partial charge on any atom is -0.298 e. The molecule has 2 aliphatic heterocycles. The lowest BCUT2D eigenvalue weighted by molar-refractivity contribution is 0.0147. The van der Waals surface area contributed by atoms with Crippen LogP contribution < -0.4 is 0 Å². The molecule has 0 N–H and O–H groups in total. The van der Waals surface area contributed by atoms with Gasteiger partial charge in [0.15, 0.2) is 0 Å². The van der Waals surface area contributed by atoms with E-state index in [0.29, 0.717) is 6.04 Å². The average Bonchev–Trinajstić information content (AvgIpc) is 2.35. The molecule has 2 fully saturated rings. The van der Waals surface area contributed by atoms with Gasteiger partial charge in [-0.1, -0.05) is 6.42 Å². The van der Waals surface area contributed by atoms with Crippen LogP contribution in [-0.4, -0.2) is 48.1 Å². The topological polar surface area (TPSA) is 30.3 Å². The molecule has 17 heavy (non-hydrogen) atoms. The summed E-state index contributed by atoms with van der Waals surface area (Å²) in [6, 6.07) is 3.75. The number of piperidine rings is 1. The molecule has 0 spiro atoms. The summed E-state index contributed by atoms with van der Waals surface area (Å²) in [5.74, 6) is 0. The van der Waals surface area contributed by atoms with Gasteiger partial charge in [0.25, 0.3) is 0 Å². The Bertz CT molecular complexity index is 271. The minimum atomic E-state index is 0.700. The number of fused-ring (bicyclic) bond motifs is 1. The number of hydrogen-bond donors (Lipinski definition) is 0. The number of nitriles is 1. The lowest BCUT2D eigenvalue weighted by Crippen LogP contribution is -2.58. The van der Waals surface area contributed by atoms with Gasteiger partial charge in [-0.2, -0.15) is 5.26 Å². The normalized spacial score (nSPS) is 30.8. The van der Waals surface area contributed by atoms with Crippen molar-refractivity contribution in [2.75, 3.05) is 26.2 Å². The van der Waals surface area contributed by atoms with E-state index in [1.165, 1.54) is 51.9 Å². The predicted molar refractivity (Wildman–Crippen MR) is 69.7 cm³/mol. The Morgan fingerprint density at radius 1 is 1.24 bits per heavy atom. The van der Waals surface area contributed by atoms with E-state index in [1.54, 1.807) is 0 Å². The lowest BCUT2D eigenvalue weighted by Gasteiger charge is -2.47. The molecule has 0 radical (unpaired) electrons. The second kappa shape index (κ2) is 6.37. The monoisotopic (exact) mass is 235 g/mol. The smallest absolute Gasteiger partial charge is 0.0621 e. The van der Waals surface area contributed by atoms with Crippen molar-refractivity contribution in [3.63, 3.8) is 0 Å². The van der Waals surface area contributed by atoms with Gasteiger partial charge in [-0.15, -0.1) is 0 Å². The highest BCUT2D eigenvalue weighted by atomic mass is 15.3. The third-order valence-electron chi connectivity index (χ3n) is 4.30. The Morgan fingerprint density at radius 3 is 2.94 bits per heavy atom. The Morgan fingerprint density at radius 2 is 2.12 bits per heavy atom. The third-order valence-corrected chi connectivity index (χ3v) is 4.30. The van der Waals surface area contributed by atoms with Gasteiger partial charge in [-0.3, -0.25) is 9.80 Å². The maximum Gasteiger partial charge on any atom is 0.0621 e. The first-order chi connectivity index (χ1) is 8.31. The van der Waals surface area contributed by atoms with Gasteiger partial charge < -0.3 is 0 Å². The SMILES string of the molecule is CC1CN2CCCCC2CN1CCCCC#N. The van der Waals surface area contributed by atoms with Crippen LogP contribution in [0.5, 0.6) is 0 Å². The Hall–Kier alpha value is -0.590. The van der Waals surface area contributed by atoms with Crippen LogP contribution in [0, 0.1) is 11.3 Å². The molecule has 2 rings (SSSR count). The molecule has 2 unspecified atom stereocenters. The predicted octanol–water partition coefficient (Wildman–Crippen LogP) is 2.24. The van der Waals surface area contributed by atoms with Crippen LogP contribution in [0.4, 0.5) is 0 Å². The summed E-state index contributed by atoms with van der Waals surface area (Å²) in [5.41, 5.74) is 0. The van der Waals surface area contributed by atoms with E-state index in [2.05, 4.69) is 22.8 Å². The van der Waals surface area contributed by atoms with Crippen LogP contribution in [0.2, 0.25) is 0 Å². The van der Waals surface area contributed by atoms with Gasteiger partial charge in [-0.25, -0.2) is 0 Å². The Labute approximate surface area is 105 Å². The van der Waals surface area contributed by atoms with Gasteiger partial charge in [0.05, 0.1) is 6.07 Å². The molecule has 0 aliphatic carbocycles. The lowest BCUT2D eigenvalue weighted by atomic mass is 9.97. The van der Waals surface area contributed by atoms with Crippen LogP contribution in [-0.2, 0) is 0 Å². The van der Waals surface area contributed by atoms with Crippen LogP contribution in [0.3, 0.4) is 0 Å². The second-order valence-corrected chi connectivity index (χ2v) is 5.60. The zero-order chi connectivity index (χ0) is 12.1. The molecule has 2 heterocycles. The molecule has 0 bridgehead atoms. The molecular formula is C14H25N3. The van der Waals surface area contributed by atoms with Crippen LogP contribution in [0.15, 0.2) is 0 Å². The molecule has 3 nitrogen and oxygen atoms in total. The van der Waals surface area contributed by atoms with E-state index in [9.17, 15) is 0 Å². The third kappa shape index (κ3) is 3.43. The number of nitrogens with zero attached hydrogens (tertiary/aromatic N) is 3. The summed E-state index contributed by atoms with van der Waals surface area (Å²) in [5, 5.41) is 8.54. The summed E-state index contributed by atoms with van der Waals surface area (Å²) in [6.07, 6.45) is 7.17. The maximum absolute atomic E-state index is 8.54. The van der Waals surface area contributed by atoms with Crippen LogP contribution in [0.25, 0.3) is 0 Å². The first-order valence-electron chi connectivity index (χ1n) is 7.16. The van der Waals surface area contributed by atoms with Crippen molar-refractivity contribution in [2.24, 2.45) is 0 Å². The number of piperazine rings is 1. The van der Waals surface area contributed by atoms with Crippen molar-refractivity contribution in [3.8, 4) is 6.07 Å². The van der Waals surface area contributed by atoms with Crippen molar-refractivity contribution in [3.05, 3.63) is 0 Å². The van der Waals surface area contributed by atoms with Crippen LogP contribution in [0.1, 0.15) is 45.4 Å². The molecule has 2 aliphatic rings. The quantitative estimate of drug-likeness (QED) is 0.700. The molecule has 0 aromatic heterocycles. The highest BCUT2D eigenvalue weighted by Crippen LogP contribution is 2.24. The summed E-state index contributed by atoms with van der Waals surface area (Å²) in [4.78, 5) is 5.34. The first kappa shape index (κ1) is 12.9. The molecular weight excluding hydrogens is 210 g/mol. The van der Waals surface area contributed by atoms with Crippen molar-refractivity contribution in [1.29, 1.82) is 5.26 Å². The summed E-state index contributed by atoms with van der Waals surface area (Å²) in [6.45, 7) is 7.37. The fraction of sp³-hybridized carbons (Fsp3) is 0.929. The number of hydrogen-bond acceptors (Lipinski definition) is 3. The summed E-state index contributed by atoms with van der Waals surface area (Å²) in [7, 11) is 0. The summed E-state index contributed by atoms with van der Waals surface area (Å²) >= 11 is 0. The van der Waals surface area contributed by atoms with Crippen molar-refractivity contribution in [1.82, 2.24) is 9.80 Å².